The molecule has 2 heteroatoms. The molecule has 0 aromatic heterocycles. The van der Waals surface area contributed by atoms with E-state index in [0.717, 1.165) is 11.1 Å². The molecule has 0 saturated carbocycles. The van der Waals surface area contributed by atoms with Crippen molar-refractivity contribution in [2.24, 2.45) is 4.99 Å². The Morgan fingerprint density at radius 2 is 1.35 bits per heavy atom. The Bertz CT molecular complexity index is 461. The fourth-order valence-corrected chi connectivity index (χ4v) is 1.90. The molecule has 2 rings (SSSR count). The van der Waals surface area contributed by atoms with Gasteiger partial charge in [0.1, 0.15) is 0 Å². The predicted octanol–water partition coefficient (Wildman–Crippen LogP) is 3.15. The molecule has 0 radical (unpaired) electrons. The molecule has 0 fully saturated rings. The largest absolute Gasteiger partial charge is 0.234 e. The summed E-state index contributed by atoms with van der Waals surface area (Å²) in [6.45, 7) is 0.442. The van der Waals surface area contributed by atoms with E-state index in [1.807, 2.05) is 36.4 Å². The second kappa shape index (κ2) is 5.78. The second-order valence-electron chi connectivity index (χ2n) is 3.81. The van der Waals surface area contributed by atoms with E-state index in [4.69, 9.17) is 0 Å². The number of benzene rings is 2. The Morgan fingerprint density at radius 1 is 0.882 bits per heavy atom. The zero-order valence-corrected chi connectivity index (χ0v) is 9.41. The van der Waals surface area contributed by atoms with Crippen LogP contribution in [0.15, 0.2) is 65.7 Å². The van der Waals surface area contributed by atoms with E-state index in [0.29, 0.717) is 6.54 Å². The summed E-state index contributed by atoms with van der Waals surface area (Å²) in [5, 5.41) is 0. The third-order valence-electron chi connectivity index (χ3n) is 2.74. The maximum Gasteiger partial charge on any atom is 0.234 e. The molecule has 0 amide bonds. The molecule has 0 bridgehead atoms. The molecule has 0 aliphatic heterocycles. The van der Waals surface area contributed by atoms with Gasteiger partial charge in [-0.2, -0.15) is 0 Å². The Morgan fingerprint density at radius 3 is 1.76 bits per heavy atom. The molecule has 0 saturated heterocycles. The minimum Gasteiger partial charge on any atom is -0.211 e. The molecule has 2 nitrogen and oxygen atoms in total. The average molecular weight is 223 g/mol. The highest BCUT2D eigenvalue weighted by atomic mass is 16.1. The zero-order valence-electron chi connectivity index (χ0n) is 9.41. The number of hydrogen-bond donors (Lipinski definition) is 0. The molecule has 17 heavy (non-hydrogen) atoms. The van der Waals surface area contributed by atoms with Crippen LogP contribution in [0.4, 0.5) is 0 Å². The molecule has 2 aromatic rings. The standard InChI is InChI=1S/C15H13NO/c17-12-16-11-15(13-7-3-1-4-8-13)14-9-5-2-6-10-14/h1-10,15H,11H2. The molecular weight excluding hydrogens is 210 g/mol. The molecule has 2 aromatic carbocycles. The third kappa shape index (κ3) is 2.90. The van der Waals surface area contributed by atoms with Crippen LogP contribution in [0.3, 0.4) is 0 Å². The molecule has 0 spiro atoms. The van der Waals surface area contributed by atoms with E-state index in [1.165, 1.54) is 0 Å². The smallest absolute Gasteiger partial charge is 0.211 e. The summed E-state index contributed by atoms with van der Waals surface area (Å²) in [6.07, 6.45) is 1.61. The molecule has 84 valence electrons. The summed E-state index contributed by atoms with van der Waals surface area (Å²) in [5.41, 5.74) is 2.33. The molecule has 0 atom stereocenters. The van der Waals surface area contributed by atoms with E-state index in [-0.39, 0.29) is 5.92 Å². The van der Waals surface area contributed by atoms with Gasteiger partial charge >= 0.3 is 0 Å². The number of nitrogens with zero attached hydrogens (tertiary/aromatic N) is 1. The molecule has 0 heterocycles. The number of carbonyl (C=O) groups excluding carboxylic acids is 1. The lowest BCUT2D eigenvalue weighted by Gasteiger charge is -2.14. The van der Waals surface area contributed by atoms with E-state index >= 15 is 0 Å². The van der Waals surface area contributed by atoms with E-state index in [2.05, 4.69) is 29.3 Å². The highest BCUT2D eigenvalue weighted by Crippen LogP contribution is 2.24. The number of aliphatic imine (C=N–C) groups is 1. The molecular formula is C15H13NO. The summed E-state index contributed by atoms with van der Waals surface area (Å²) >= 11 is 0. The number of rotatable bonds is 4. The molecule has 0 unspecified atom stereocenters. The third-order valence-corrected chi connectivity index (χ3v) is 2.74. The van der Waals surface area contributed by atoms with Crippen molar-refractivity contribution in [1.29, 1.82) is 0 Å². The van der Waals surface area contributed by atoms with Crippen molar-refractivity contribution in [1.82, 2.24) is 0 Å². The van der Waals surface area contributed by atoms with Gasteiger partial charge in [0.05, 0.1) is 6.54 Å². The quantitative estimate of drug-likeness (QED) is 0.578. The summed E-state index contributed by atoms with van der Waals surface area (Å²) in [4.78, 5) is 14.0. The summed E-state index contributed by atoms with van der Waals surface area (Å²) in [5.74, 6) is 0.124. The monoisotopic (exact) mass is 223 g/mol. The fraction of sp³-hybridized carbons (Fsp3) is 0.133. The van der Waals surface area contributed by atoms with Gasteiger partial charge in [0.2, 0.25) is 6.08 Å². The van der Waals surface area contributed by atoms with Gasteiger partial charge < -0.3 is 0 Å². The maximum absolute atomic E-state index is 10.3. The van der Waals surface area contributed by atoms with Crippen molar-refractivity contribution in [3.63, 3.8) is 0 Å². The lowest BCUT2D eigenvalue weighted by molar-refractivity contribution is 0.562. The van der Waals surface area contributed by atoms with Crippen molar-refractivity contribution in [3.8, 4) is 0 Å². The van der Waals surface area contributed by atoms with Gasteiger partial charge in [0, 0.05) is 5.92 Å². The highest BCUT2D eigenvalue weighted by molar-refractivity contribution is 5.36. The second-order valence-corrected chi connectivity index (χ2v) is 3.81. The van der Waals surface area contributed by atoms with Crippen LogP contribution in [0.1, 0.15) is 17.0 Å². The topological polar surface area (TPSA) is 29.4 Å². The van der Waals surface area contributed by atoms with Crippen LogP contribution >= 0.6 is 0 Å². The minimum absolute atomic E-state index is 0.124. The van der Waals surface area contributed by atoms with Crippen LogP contribution in [0, 0.1) is 0 Å². The van der Waals surface area contributed by atoms with Crippen LogP contribution in [0.2, 0.25) is 0 Å². The van der Waals surface area contributed by atoms with Crippen LogP contribution < -0.4 is 0 Å². The van der Waals surface area contributed by atoms with Gasteiger partial charge in [-0.25, -0.2) is 9.79 Å². The SMILES string of the molecule is O=C=NCC(c1ccccc1)c1ccccc1. The van der Waals surface area contributed by atoms with E-state index < -0.39 is 0 Å². The van der Waals surface area contributed by atoms with Crippen molar-refractivity contribution in [3.05, 3.63) is 71.8 Å². The van der Waals surface area contributed by atoms with Crippen molar-refractivity contribution in [2.75, 3.05) is 6.54 Å². The Labute approximate surface area is 101 Å². The Hall–Kier alpha value is -2.18. The summed E-state index contributed by atoms with van der Waals surface area (Å²) < 4.78 is 0. The van der Waals surface area contributed by atoms with Gasteiger partial charge in [-0.05, 0) is 11.1 Å². The molecule has 0 aliphatic rings. The lowest BCUT2D eigenvalue weighted by Crippen LogP contribution is -2.04. The minimum atomic E-state index is 0.124. The first-order valence-electron chi connectivity index (χ1n) is 5.55. The Balaban J connectivity index is 2.35. The average Bonchev–Trinajstić information content (AvgIpc) is 2.42. The first-order valence-corrected chi connectivity index (χ1v) is 5.55. The summed E-state index contributed by atoms with van der Waals surface area (Å²) in [7, 11) is 0. The first-order chi connectivity index (χ1) is 8.42. The van der Waals surface area contributed by atoms with Gasteiger partial charge in [-0.1, -0.05) is 60.7 Å². The number of isocyanates is 1. The molecule has 0 N–H and O–H groups in total. The first kappa shape index (κ1) is 11.3. The van der Waals surface area contributed by atoms with Gasteiger partial charge in [-0.15, -0.1) is 0 Å². The van der Waals surface area contributed by atoms with Crippen LogP contribution in [0.5, 0.6) is 0 Å². The van der Waals surface area contributed by atoms with Crippen molar-refractivity contribution >= 4 is 6.08 Å². The fourth-order valence-electron chi connectivity index (χ4n) is 1.90. The van der Waals surface area contributed by atoms with Gasteiger partial charge in [0.15, 0.2) is 0 Å². The van der Waals surface area contributed by atoms with Crippen LogP contribution in [0.25, 0.3) is 0 Å². The maximum atomic E-state index is 10.3. The highest BCUT2D eigenvalue weighted by Gasteiger charge is 2.12. The van der Waals surface area contributed by atoms with Gasteiger partial charge in [0.25, 0.3) is 0 Å². The predicted molar refractivity (Wildman–Crippen MR) is 67.7 cm³/mol. The van der Waals surface area contributed by atoms with Crippen molar-refractivity contribution in [2.45, 2.75) is 5.92 Å². The normalized spacial score (nSPS) is 9.94. The van der Waals surface area contributed by atoms with Crippen molar-refractivity contribution < 1.29 is 4.79 Å². The number of hydrogen-bond acceptors (Lipinski definition) is 2. The van der Waals surface area contributed by atoms with Crippen LogP contribution in [-0.4, -0.2) is 12.6 Å². The van der Waals surface area contributed by atoms with E-state index in [1.54, 1.807) is 6.08 Å². The molecule has 0 aliphatic carbocycles. The van der Waals surface area contributed by atoms with E-state index in [9.17, 15) is 4.79 Å². The summed E-state index contributed by atoms with van der Waals surface area (Å²) in [6, 6.07) is 20.2. The Kier molecular flexibility index (Phi) is 3.85. The van der Waals surface area contributed by atoms with Gasteiger partial charge in [-0.3, -0.25) is 0 Å². The van der Waals surface area contributed by atoms with Crippen LogP contribution in [-0.2, 0) is 4.79 Å². The zero-order chi connectivity index (χ0) is 11.9. The lowest BCUT2D eigenvalue weighted by atomic mass is 9.91.